The standard InChI is InChI=1S/C9H10N4O/c14-8-4-13(5-8)7-1-6-2-11-12-9(6)10-3-7/h1-3,8,14H,4-5H2,(H,10,11,12). The first kappa shape index (κ1) is 7.75. The van der Waals surface area contributed by atoms with Gasteiger partial charge in [0.25, 0.3) is 0 Å². The lowest BCUT2D eigenvalue weighted by molar-refractivity contribution is 0.142. The molecule has 0 aliphatic carbocycles. The highest BCUT2D eigenvalue weighted by Crippen LogP contribution is 2.22. The number of rotatable bonds is 1. The predicted octanol–water partition coefficient (Wildman–Crippen LogP) is 0.139. The molecule has 0 radical (unpaired) electrons. The second kappa shape index (κ2) is 2.68. The number of nitrogens with zero attached hydrogens (tertiary/aromatic N) is 3. The fourth-order valence-electron chi connectivity index (χ4n) is 1.66. The molecule has 0 aromatic carbocycles. The number of aliphatic hydroxyl groups excluding tert-OH is 1. The monoisotopic (exact) mass is 190 g/mol. The lowest BCUT2D eigenvalue weighted by Gasteiger charge is -2.37. The van der Waals surface area contributed by atoms with Crippen LogP contribution in [0.4, 0.5) is 5.69 Å². The maximum atomic E-state index is 9.17. The first-order chi connectivity index (χ1) is 6.83. The normalized spacial score (nSPS) is 17.4. The minimum absolute atomic E-state index is 0.185. The quantitative estimate of drug-likeness (QED) is 0.671. The summed E-state index contributed by atoms with van der Waals surface area (Å²) in [5.41, 5.74) is 1.85. The number of aliphatic hydroxyl groups is 1. The molecule has 0 saturated carbocycles. The third-order valence-electron chi connectivity index (χ3n) is 2.50. The van der Waals surface area contributed by atoms with Crippen LogP contribution in [0.25, 0.3) is 11.0 Å². The molecular weight excluding hydrogens is 180 g/mol. The maximum absolute atomic E-state index is 9.17. The number of anilines is 1. The molecule has 2 N–H and O–H groups in total. The van der Waals surface area contributed by atoms with E-state index in [9.17, 15) is 5.11 Å². The van der Waals surface area contributed by atoms with Crippen molar-refractivity contribution in [1.29, 1.82) is 0 Å². The van der Waals surface area contributed by atoms with E-state index in [0.29, 0.717) is 13.1 Å². The molecule has 1 aliphatic heterocycles. The fourth-order valence-corrected chi connectivity index (χ4v) is 1.66. The van der Waals surface area contributed by atoms with Gasteiger partial charge in [-0.05, 0) is 6.07 Å². The van der Waals surface area contributed by atoms with Crippen LogP contribution < -0.4 is 4.90 Å². The number of aromatic amines is 1. The summed E-state index contributed by atoms with van der Waals surface area (Å²) in [6, 6.07) is 2.03. The van der Waals surface area contributed by atoms with Crippen molar-refractivity contribution >= 4 is 16.7 Å². The highest BCUT2D eigenvalue weighted by atomic mass is 16.3. The van der Waals surface area contributed by atoms with Crippen LogP contribution in [0, 0.1) is 0 Å². The van der Waals surface area contributed by atoms with Crippen LogP contribution in [0.1, 0.15) is 0 Å². The zero-order valence-corrected chi connectivity index (χ0v) is 7.51. The van der Waals surface area contributed by atoms with Crippen molar-refractivity contribution in [3.63, 3.8) is 0 Å². The Kier molecular flexibility index (Phi) is 1.49. The highest BCUT2D eigenvalue weighted by molar-refractivity contribution is 5.77. The average Bonchev–Trinajstić information content (AvgIpc) is 2.59. The van der Waals surface area contributed by atoms with Crippen molar-refractivity contribution in [2.24, 2.45) is 0 Å². The smallest absolute Gasteiger partial charge is 0.155 e. The number of hydrogen-bond acceptors (Lipinski definition) is 4. The Morgan fingerprint density at radius 1 is 1.43 bits per heavy atom. The SMILES string of the molecule is OC1CN(c2cnc3[nH]ncc3c2)C1. The molecular formula is C9H10N4O. The Morgan fingerprint density at radius 2 is 2.29 bits per heavy atom. The van der Waals surface area contributed by atoms with E-state index in [1.807, 2.05) is 6.07 Å². The van der Waals surface area contributed by atoms with Gasteiger partial charge < -0.3 is 10.0 Å². The van der Waals surface area contributed by atoms with Crippen LogP contribution in [-0.4, -0.2) is 39.5 Å². The summed E-state index contributed by atoms with van der Waals surface area (Å²) in [6.07, 6.45) is 3.36. The topological polar surface area (TPSA) is 65.0 Å². The number of pyridine rings is 1. The van der Waals surface area contributed by atoms with E-state index in [1.54, 1.807) is 12.4 Å². The molecule has 0 spiro atoms. The first-order valence-corrected chi connectivity index (χ1v) is 4.55. The molecule has 5 nitrogen and oxygen atoms in total. The molecule has 3 rings (SSSR count). The van der Waals surface area contributed by atoms with Crippen molar-refractivity contribution in [2.75, 3.05) is 18.0 Å². The summed E-state index contributed by atoms with van der Waals surface area (Å²) in [5, 5.41) is 16.9. The van der Waals surface area contributed by atoms with E-state index in [0.717, 1.165) is 16.7 Å². The number of hydrogen-bond donors (Lipinski definition) is 2. The van der Waals surface area contributed by atoms with Gasteiger partial charge in [0.2, 0.25) is 0 Å². The second-order valence-electron chi connectivity index (χ2n) is 3.56. The third-order valence-corrected chi connectivity index (χ3v) is 2.50. The molecule has 14 heavy (non-hydrogen) atoms. The predicted molar refractivity (Wildman–Crippen MR) is 52.1 cm³/mol. The minimum atomic E-state index is -0.185. The van der Waals surface area contributed by atoms with E-state index in [2.05, 4.69) is 20.1 Å². The molecule has 2 aromatic rings. The van der Waals surface area contributed by atoms with E-state index in [1.165, 1.54) is 0 Å². The summed E-state index contributed by atoms with van der Waals surface area (Å²) in [7, 11) is 0. The lowest BCUT2D eigenvalue weighted by Crippen LogP contribution is -2.50. The average molecular weight is 190 g/mol. The molecule has 0 amide bonds. The molecule has 0 bridgehead atoms. The molecule has 1 fully saturated rings. The van der Waals surface area contributed by atoms with Gasteiger partial charge in [0.1, 0.15) is 0 Å². The van der Waals surface area contributed by atoms with Crippen molar-refractivity contribution in [3.8, 4) is 0 Å². The Labute approximate surface area is 80.4 Å². The number of fused-ring (bicyclic) bond motifs is 1. The Bertz CT molecular complexity index is 461. The van der Waals surface area contributed by atoms with Crippen LogP contribution in [0.3, 0.4) is 0 Å². The highest BCUT2D eigenvalue weighted by Gasteiger charge is 2.24. The maximum Gasteiger partial charge on any atom is 0.155 e. The van der Waals surface area contributed by atoms with Gasteiger partial charge in [0, 0.05) is 18.5 Å². The molecule has 72 valence electrons. The van der Waals surface area contributed by atoms with Crippen LogP contribution in [0.5, 0.6) is 0 Å². The van der Waals surface area contributed by atoms with Crippen molar-refractivity contribution in [2.45, 2.75) is 6.10 Å². The van der Waals surface area contributed by atoms with Gasteiger partial charge in [-0.15, -0.1) is 0 Å². The van der Waals surface area contributed by atoms with Crippen molar-refractivity contribution in [1.82, 2.24) is 15.2 Å². The van der Waals surface area contributed by atoms with Crippen LogP contribution >= 0.6 is 0 Å². The zero-order valence-electron chi connectivity index (χ0n) is 7.51. The van der Waals surface area contributed by atoms with Gasteiger partial charge in [0.05, 0.1) is 24.2 Å². The van der Waals surface area contributed by atoms with Gasteiger partial charge in [-0.3, -0.25) is 5.10 Å². The van der Waals surface area contributed by atoms with E-state index >= 15 is 0 Å². The number of β-amino-alcohol motifs (C(OH)–C–C–N with tert-alkyl or cyclic N) is 1. The second-order valence-corrected chi connectivity index (χ2v) is 3.56. The molecule has 0 atom stereocenters. The van der Waals surface area contributed by atoms with Gasteiger partial charge in [0.15, 0.2) is 5.65 Å². The van der Waals surface area contributed by atoms with Crippen molar-refractivity contribution < 1.29 is 5.11 Å². The summed E-state index contributed by atoms with van der Waals surface area (Å²) in [6.45, 7) is 1.40. The number of nitrogens with one attached hydrogen (secondary N) is 1. The molecule has 1 saturated heterocycles. The summed E-state index contributed by atoms with van der Waals surface area (Å²) >= 11 is 0. The number of H-pyrrole nitrogens is 1. The Morgan fingerprint density at radius 3 is 3.07 bits per heavy atom. The Balaban J connectivity index is 1.97. The van der Waals surface area contributed by atoms with E-state index in [4.69, 9.17) is 0 Å². The molecule has 2 aromatic heterocycles. The Hall–Kier alpha value is -1.62. The van der Waals surface area contributed by atoms with Gasteiger partial charge in [-0.2, -0.15) is 5.10 Å². The van der Waals surface area contributed by atoms with E-state index in [-0.39, 0.29) is 6.10 Å². The van der Waals surface area contributed by atoms with Crippen molar-refractivity contribution in [3.05, 3.63) is 18.5 Å². The molecule has 1 aliphatic rings. The summed E-state index contributed by atoms with van der Waals surface area (Å²) in [5.74, 6) is 0. The molecule has 5 heteroatoms. The molecule has 3 heterocycles. The zero-order chi connectivity index (χ0) is 9.54. The van der Waals surface area contributed by atoms with E-state index < -0.39 is 0 Å². The summed E-state index contributed by atoms with van der Waals surface area (Å²) in [4.78, 5) is 6.32. The summed E-state index contributed by atoms with van der Waals surface area (Å²) < 4.78 is 0. The van der Waals surface area contributed by atoms with Gasteiger partial charge >= 0.3 is 0 Å². The minimum Gasteiger partial charge on any atom is -0.389 e. The lowest BCUT2D eigenvalue weighted by atomic mass is 10.1. The first-order valence-electron chi connectivity index (χ1n) is 4.55. The van der Waals surface area contributed by atoms with Crippen LogP contribution in [0.15, 0.2) is 18.5 Å². The molecule has 0 unspecified atom stereocenters. The largest absolute Gasteiger partial charge is 0.389 e. The fraction of sp³-hybridized carbons (Fsp3) is 0.333. The third kappa shape index (κ3) is 1.06. The van der Waals surface area contributed by atoms with Crippen LogP contribution in [0.2, 0.25) is 0 Å². The van der Waals surface area contributed by atoms with Gasteiger partial charge in [-0.25, -0.2) is 4.98 Å². The number of aromatic nitrogens is 3. The van der Waals surface area contributed by atoms with Gasteiger partial charge in [-0.1, -0.05) is 0 Å². The van der Waals surface area contributed by atoms with Crippen LogP contribution in [-0.2, 0) is 0 Å².